The molecule has 0 radical (unpaired) electrons. The van der Waals surface area contributed by atoms with Gasteiger partial charge in [0.2, 0.25) is 5.91 Å². The van der Waals surface area contributed by atoms with Crippen molar-refractivity contribution in [3.63, 3.8) is 0 Å². The second-order valence-electron chi connectivity index (χ2n) is 10.7. The van der Waals surface area contributed by atoms with Crippen molar-refractivity contribution >= 4 is 21.7 Å². The van der Waals surface area contributed by atoms with E-state index in [1.54, 1.807) is 13.8 Å². The summed E-state index contributed by atoms with van der Waals surface area (Å²) in [7, 11) is -4.56. The highest BCUT2D eigenvalue weighted by molar-refractivity contribution is 7.85. The number of anilines is 1. The molecule has 0 fully saturated rings. The number of halogens is 9. The lowest BCUT2D eigenvalue weighted by Gasteiger charge is -2.33. The van der Waals surface area contributed by atoms with Crippen LogP contribution in [-0.2, 0) is 45.3 Å². The van der Waals surface area contributed by atoms with E-state index in [0.29, 0.717) is 29.8 Å². The van der Waals surface area contributed by atoms with Gasteiger partial charge in [0.15, 0.2) is 0 Å². The van der Waals surface area contributed by atoms with Gasteiger partial charge in [0.05, 0.1) is 27.3 Å². The van der Waals surface area contributed by atoms with Crippen molar-refractivity contribution in [2.45, 2.75) is 68.6 Å². The quantitative estimate of drug-likeness (QED) is 0.176. The molecule has 6 nitrogen and oxygen atoms in total. The predicted octanol–water partition coefficient (Wildman–Crippen LogP) is 8.31. The van der Waals surface area contributed by atoms with Crippen LogP contribution in [0.2, 0.25) is 0 Å². The normalized spacial score (nSPS) is 13.8. The van der Waals surface area contributed by atoms with Crippen molar-refractivity contribution in [2.24, 2.45) is 0 Å². The van der Waals surface area contributed by atoms with Gasteiger partial charge in [-0.25, -0.2) is 0 Å². The number of hydrogen-bond donors (Lipinski definition) is 2. The van der Waals surface area contributed by atoms with Crippen LogP contribution >= 0.6 is 0 Å². The molecule has 45 heavy (non-hydrogen) atoms. The Morgan fingerprint density at radius 3 is 1.87 bits per heavy atom. The van der Waals surface area contributed by atoms with Crippen molar-refractivity contribution in [3.8, 4) is 5.75 Å². The Kier molecular flexibility index (Phi) is 9.95. The zero-order valence-corrected chi connectivity index (χ0v) is 24.5. The van der Waals surface area contributed by atoms with Crippen LogP contribution in [-0.4, -0.2) is 25.0 Å². The van der Waals surface area contributed by atoms with E-state index in [-0.39, 0.29) is 11.8 Å². The van der Waals surface area contributed by atoms with Crippen molar-refractivity contribution in [1.29, 1.82) is 0 Å². The van der Waals surface area contributed by atoms with E-state index in [1.165, 1.54) is 25.1 Å². The van der Waals surface area contributed by atoms with E-state index in [9.17, 15) is 57.3 Å². The molecule has 0 bridgehead atoms. The smallest absolute Gasteiger partial charge is 0.416 e. The van der Waals surface area contributed by atoms with Crippen LogP contribution < -0.4 is 10.1 Å². The molecular formula is C29H26F9NO5S. The highest BCUT2D eigenvalue weighted by Gasteiger charge is 2.37. The molecule has 1 amide bonds. The van der Waals surface area contributed by atoms with Crippen LogP contribution in [0, 0.1) is 0 Å². The van der Waals surface area contributed by atoms with Crippen molar-refractivity contribution in [3.05, 3.63) is 88.5 Å². The summed E-state index contributed by atoms with van der Waals surface area (Å²) in [5, 5.41) is 2.19. The maximum absolute atomic E-state index is 13.5. The van der Waals surface area contributed by atoms with Crippen LogP contribution in [0.25, 0.3) is 0 Å². The average molecular weight is 672 g/mol. The molecular weight excluding hydrogens is 645 g/mol. The Balaban J connectivity index is 1.89. The monoisotopic (exact) mass is 671 g/mol. The third-order valence-corrected chi connectivity index (χ3v) is 7.91. The minimum absolute atomic E-state index is 0.0720. The number of carbonyl (C=O) groups is 1. The molecule has 246 valence electrons. The van der Waals surface area contributed by atoms with E-state index in [0.717, 1.165) is 12.1 Å². The van der Waals surface area contributed by atoms with Gasteiger partial charge in [0.1, 0.15) is 11.9 Å². The van der Waals surface area contributed by atoms with Crippen LogP contribution in [0.3, 0.4) is 0 Å². The Morgan fingerprint density at radius 1 is 0.800 bits per heavy atom. The van der Waals surface area contributed by atoms with Crippen LogP contribution in [0.1, 0.15) is 55.0 Å². The molecule has 16 heteroatoms. The van der Waals surface area contributed by atoms with Gasteiger partial charge in [-0.1, -0.05) is 26.0 Å². The first-order chi connectivity index (χ1) is 20.4. The molecule has 0 aliphatic rings. The van der Waals surface area contributed by atoms with E-state index in [1.807, 2.05) is 0 Å². The van der Waals surface area contributed by atoms with Gasteiger partial charge in [-0.05, 0) is 73.0 Å². The van der Waals surface area contributed by atoms with Crippen LogP contribution in [0.15, 0.2) is 65.6 Å². The minimum atomic E-state index is -5.11. The van der Waals surface area contributed by atoms with Gasteiger partial charge >= 0.3 is 18.5 Å². The highest BCUT2D eigenvalue weighted by atomic mass is 32.2. The summed E-state index contributed by atoms with van der Waals surface area (Å²) in [6, 6.07) is 8.18. The molecule has 0 aromatic heterocycles. The first-order valence-corrected chi connectivity index (χ1v) is 14.4. The Morgan fingerprint density at radius 2 is 1.36 bits per heavy atom. The third-order valence-electron chi connectivity index (χ3n) is 7.07. The Bertz CT molecular complexity index is 1630. The first-order valence-electron chi connectivity index (χ1n) is 12.9. The molecule has 3 rings (SSSR count). The summed E-state index contributed by atoms with van der Waals surface area (Å²) >= 11 is 0. The standard InChI is InChI=1S/C29H26F9NO5S/c1-16(26(2,3)18-5-4-6-22(14-18)45(41,42)43)44-24-9-8-19(27(30,31)32)15-23(24)39-25(40)10-7-17-11-20(28(33,34)35)13-21(12-17)29(36,37)38/h4-6,8-9,11-16H,7,10H2,1-3H3,(H,39,40)(H,41,42,43). The third kappa shape index (κ3) is 9.12. The number of nitrogens with one attached hydrogen (secondary N) is 1. The van der Waals surface area contributed by atoms with E-state index >= 15 is 0 Å². The van der Waals surface area contributed by atoms with Crippen LogP contribution in [0.4, 0.5) is 45.2 Å². The second-order valence-corrected chi connectivity index (χ2v) is 12.1. The van der Waals surface area contributed by atoms with Gasteiger partial charge in [-0.3, -0.25) is 9.35 Å². The van der Waals surface area contributed by atoms with Crippen LogP contribution in [0.5, 0.6) is 5.75 Å². The molecule has 3 aromatic carbocycles. The molecule has 2 N–H and O–H groups in total. The lowest BCUT2D eigenvalue weighted by Crippen LogP contribution is -2.36. The van der Waals surface area contributed by atoms with Crippen molar-refractivity contribution < 1.29 is 62.0 Å². The largest absolute Gasteiger partial charge is 0.488 e. The fourth-order valence-electron chi connectivity index (χ4n) is 4.17. The molecule has 0 saturated heterocycles. The molecule has 3 aromatic rings. The van der Waals surface area contributed by atoms with E-state index in [4.69, 9.17) is 4.74 Å². The molecule has 0 saturated carbocycles. The Labute approximate surface area is 252 Å². The number of aryl methyl sites for hydroxylation is 1. The van der Waals surface area contributed by atoms with Gasteiger partial charge in [-0.15, -0.1) is 0 Å². The van der Waals surface area contributed by atoms with E-state index < -0.39 is 91.8 Å². The molecule has 1 atom stereocenters. The molecule has 0 spiro atoms. The maximum Gasteiger partial charge on any atom is 0.416 e. The fourth-order valence-corrected chi connectivity index (χ4v) is 4.70. The number of rotatable bonds is 9. The van der Waals surface area contributed by atoms with Gasteiger partial charge in [-0.2, -0.15) is 47.9 Å². The lowest BCUT2D eigenvalue weighted by atomic mass is 9.80. The number of amides is 1. The summed E-state index contributed by atoms with van der Waals surface area (Å²) in [6.07, 6.45) is -17.3. The Hall–Kier alpha value is -3.79. The number of carbonyl (C=O) groups excluding carboxylic acids is 1. The number of hydrogen-bond acceptors (Lipinski definition) is 4. The minimum Gasteiger partial charge on any atom is -0.488 e. The molecule has 1 unspecified atom stereocenters. The molecule has 0 aliphatic heterocycles. The molecule has 0 aliphatic carbocycles. The predicted molar refractivity (Wildman–Crippen MR) is 144 cm³/mol. The van der Waals surface area contributed by atoms with Gasteiger partial charge in [0, 0.05) is 11.8 Å². The zero-order valence-electron chi connectivity index (χ0n) is 23.7. The van der Waals surface area contributed by atoms with Gasteiger partial charge < -0.3 is 10.1 Å². The summed E-state index contributed by atoms with van der Waals surface area (Å²) < 4.78 is 158. The summed E-state index contributed by atoms with van der Waals surface area (Å²) in [5.74, 6) is -1.29. The molecule has 0 heterocycles. The first kappa shape index (κ1) is 35.7. The van der Waals surface area contributed by atoms with Crippen molar-refractivity contribution in [2.75, 3.05) is 5.32 Å². The number of ether oxygens (including phenoxy) is 1. The summed E-state index contributed by atoms with van der Waals surface area (Å²) in [6.45, 7) is 4.75. The number of benzene rings is 3. The van der Waals surface area contributed by atoms with Crippen molar-refractivity contribution in [1.82, 2.24) is 0 Å². The SMILES string of the molecule is CC(Oc1ccc(C(F)(F)F)cc1NC(=O)CCc1cc(C(F)(F)F)cc(C(F)(F)F)c1)C(C)(C)c1cccc(S(=O)(=O)O)c1. The number of alkyl halides is 9. The maximum atomic E-state index is 13.5. The summed E-state index contributed by atoms with van der Waals surface area (Å²) in [5.41, 5.74) is -5.99. The average Bonchev–Trinajstić information content (AvgIpc) is 2.90. The lowest BCUT2D eigenvalue weighted by molar-refractivity contribution is -0.143. The zero-order chi connectivity index (χ0) is 34.2. The fraction of sp³-hybridized carbons (Fsp3) is 0.345. The summed E-state index contributed by atoms with van der Waals surface area (Å²) in [4.78, 5) is 12.3. The second kappa shape index (κ2) is 12.5. The van der Waals surface area contributed by atoms with E-state index in [2.05, 4.69) is 5.32 Å². The topological polar surface area (TPSA) is 92.7 Å². The van der Waals surface area contributed by atoms with Gasteiger partial charge in [0.25, 0.3) is 10.1 Å². The highest BCUT2D eigenvalue weighted by Crippen LogP contribution is 2.39.